The van der Waals surface area contributed by atoms with Gasteiger partial charge in [-0.3, -0.25) is 0 Å². The second-order valence-corrected chi connectivity index (χ2v) is 7.73. The second kappa shape index (κ2) is 11.7. The predicted molar refractivity (Wildman–Crippen MR) is 132 cm³/mol. The minimum Gasteiger partial charge on any atom is -0.494 e. The Bertz CT molecular complexity index is 1080. The minimum atomic E-state index is -0.626. The third-order valence-electron chi connectivity index (χ3n) is 5.24. The van der Waals surface area contributed by atoms with Gasteiger partial charge in [-0.05, 0) is 73.5 Å². The van der Waals surface area contributed by atoms with Crippen molar-refractivity contribution in [2.75, 3.05) is 13.2 Å². The van der Waals surface area contributed by atoms with E-state index in [1.54, 1.807) is 0 Å². The maximum atomic E-state index is 10.5. The first-order valence-electron chi connectivity index (χ1n) is 11.2. The molecule has 0 amide bonds. The lowest BCUT2D eigenvalue weighted by Crippen LogP contribution is -2.03. The van der Waals surface area contributed by atoms with Gasteiger partial charge in [-0.1, -0.05) is 48.5 Å². The fourth-order valence-corrected chi connectivity index (χ4v) is 3.43. The third-order valence-corrected chi connectivity index (χ3v) is 5.24. The first-order chi connectivity index (χ1) is 16.3. The van der Waals surface area contributed by atoms with Crippen molar-refractivity contribution in [1.29, 1.82) is 0 Å². The number of nitrogens with zero attached hydrogens (tertiary/aromatic N) is 1. The molecule has 4 aromatic carbocycles. The Morgan fingerprint density at radius 3 is 1.58 bits per heavy atom. The number of ether oxygens (including phenoxy) is 2. The summed E-state index contributed by atoms with van der Waals surface area (Å²) in [6.07, 6.45) is 1.18. The zero-order chi connectivity index (χ0) is 22.7. The van der Waals surface area contributed by atoms with Gasteiger partial charge in [0.25, 0.3) is 6.10 Å². The van der Waals surface area contributed by atoms with Crippen LogP contribution in [0.5, 0.6) is 11.5 Å². The van der Waals surface area contributed by atoms with Crippen LogP contribution in [0.2, 0.25) is 0 Å². The summed E-state index contributed by atoms with van der Waals surface area (Å²) in [5.74, 6) is 1.65. The van der Waals surface area contributed by atoms with Crippen LogP contribution >= 0.6 is 0 Å². The molecule has 1 N–H and O–H groups in total. The standard InChI is InChI=1S/C29H28NO3/c31-29(23-9-3-1-4-10-23)24-13-17-27(18-14-24)32-21-7-8-22-33-28-19-15-26(16-20-28)30-25-11-5-2-6-12-25/h1-6,9-20,29,31H,7-8,21-22H2/q+1. The van der Waals surface area contributed by atoms with Gasteiger partial charge in [-0.15, -0.1) is 5.11 Å². The smallest absolute Gasteiger partial charge is 0.276 e. The van der Waals surface area contributed by atoms with Gasteiger partial charge in [0, 0.05) is 11.1 Å². The first-order valence-corrected chi connectivity index (χ1v) is 11.2. The molecule has 0 fully saturated rings. The van der Waals surface area contributed by atoms with E-state index < -0.39 is 6.10 Å². The Kier molecular flexibility index (Phi) is 7.98. The molecule has 4 aromatic rings. The quantitative estimate of drug-likeness (QED) is 0.196. The van der Waals surface area contributed by atoms with E-state index in [0.29, 0.717) is 13.2 Å². The lowest BCUT2D eigenvalue weighted by molar-refractivity contribution is 0.220. The number of hydrogen-bond donors (Lipinski definition) is 0. The minimum absolute atomic E-state index is 0.624. The third kappa shape index (κ3) is 6.86. The fourth-order valence-electron chi connectivity index (χ4n) is 3.43. The van der Waals surface area contributed by atoms with Gasteiger partial charge >= 0.3 is 0 Å². The van der Waals surface area contributed by atoms with Crippen LogP contribution in [0.1, 0.15) is 30.1 Å². The van der Waals surface area contributed by atoms with E-state index in [2.05, 4.69) is 5.32 Å². The van der Waals surface area contributed by atoms with E-state index in [1.807, 2.05) is 109 Å². The average Bonchev–Trinajstić information content (AvgIpc) is 2.88. The van der Waals surface area contributed by atoms with Crippen LogP contribution in [0.3, 0.4) is 0 Å². The molecule has 0 heterocycles. The van der Waals surface area contributed by atoms with Crippen LogP contribution in [0.4, 0.5) is 11.4 Å². The number of rotatable bonds is 11. The molecule has 0 bridgehead atoms. The maximum absolute atomic E-state index is 10.5. The van der Waals surface area contributed by atoms with Gasteiger partial charge in [0.05, 0.1) is 24.6 Å². The molecule has 0 aliphatic carbocycles. The molecular formula is C29H28NO3+. The lowest BCUT2D eigenvalue weighted by atomic mass is 10.0. The van der Waals surface area contributed by atoms with Crippen molar-refractivity contribution in [3.63, 3.8) is 0 Å². The highest BCUT2D eigenvalue weighted by Crippen LogP contribution is 2.24. The van der Waals surface area contributed by atoms with E-state index in [1.165, 1.54) is 0 Å². The second-order valence-electron chi connectivity index (χ2n) is 7.73. The molecule has 4 rings (SSSR count). The van der Waals surface area contributed by atoms with Crippen LogP contribution in [0.15, 0.2) is 109 Å². The first kappa shape index (κ1) is 22.4. The molecule has 0 saturated heterocycles. The Morgan fingerprint density at radius 1 is 0.545 bits per heavy atom. The summed E-state index contributed by atoms with van der Waals surface area (Å²) >= 11 is 0. The normalized spacial score (nSPS) is 11.5. The number of aliphatic hydroxyl groups excluding tert-OH is 1. The highest BCUT2D eigenvalue weighted by molar-refractivity contribution is 5.49. The zero-order valence-corrected chi connectivity index (χ0v) is 18.5. The van der Waals surface area contributed by atoms with E-state index in [9.17, 15) is 5.11 Å². The Morgan fingerprint density at radius 2 is 1.00 bits per heavy atom. The van der Waals surface area contributed by atoms with Crippen LogP contribution < -0.4 is 14.8 Å². The van der Waals surface area contributed by atoms with Gasteiger partial charge in [0.2, 0.25) is 0 Å². The van der Waals surface area contributed by atoms with Gasteiger partial charge in [-0.25, -0.2) is 5.32 Å². The number of benzene rings is 4. The van der Waals surface area contributed by atoms with Crippen molar-refractivity contribution in [1.82, 2.24) is 5.32 Å². The maximum Gasteiger partial charge on any atom is 0.276 e. The fraction of sp³-hybridized carbons (Fsp3) is 0.172. The molecular weight excluding hydrogens is 410 g/mol. The number of hydrogen-bond acceptors (Lipinski definition) is 3. The van der Waals surface area contributed by atoms with Crippen molar-refractivity contribution in [2.45, 2.75) is 18.9 Å². The molecule has 0 aliphatic rings. The molecule has 1 unspecified atom stereocenters. The van der Waals surface area contributed by atoms with Crippen LogP contribution in [-0.2, 0) is 0 Å². The molecule has 166 valence electrons. The molecule has 0 spiro atoms. The van der Waals surface area contributed by atoms with Crippen LogP contribution in [0, 0.1) is 0 Å². The number of para-hydroxylation sites is 1. The number of aliphatic hydroxyl groups is 1. The molecule has 1 atom stereocenters. The average molecular weight is 439 g/mol. The number of unbranched alkanes of at least 4 members (excludes halogenated alkanes) is 1. The highest BCUT2D eigenvalue weighted by atomic mass is 16.5. The summed E-state index contributed by atoms with van der Waals surface area (Å²) in [7, 11) is 0. The summed E-state index contributed by atoms with van der Waals surface area (Å²) < 4.78 is 11.6. The van der Waals surface area contributed by atoms with Crippen LogP contribution in [-0.4, -0.2) is 18.3 Å². The van der Waals surface area contributed by atoms with Gasteiger partial charge in [0.15, 0.2) is 0 Å². The summed E-state index contributed by atoms with van der Waals surface area (Å²) in [5, 5.41) is 15.0. The molecule has 4 heteroatoms. The van der Waals surface area contributed by atoms with E-state index in [-0.39, 0.29) is 0 Å². The lowest BCUT2D eigenvalue weighted by Gasteiger charge is -2.09. The summed E-state index contributed by atoms with van der Waals surface area (Å²) in [5.41, 5.74) is 3.58. The largest absolute Gasteiger partial charge is 0.494 e. The highest BCUT2D eigenvalue weighted by Gasteiger charge is 2.18. The molecule has 0 aromatic heterocycles. The summed E-state index contributed by atoms with van der Waals surface area (Å²) in [6.45, 7) is 1.26. The Hall–Kier alpha value is -3.76. The predicted octanol–water partition coefficient (Wildman–Crippen LogP) is 6.57. The van der Waals surface area contributed by atoms with Crippen molar-refractivity contribution in [3.8, 4) is 11.5 Å². The van der Waals surface area contributed by atoms with E-state index >= 15 is 0 Å². The van der Waals surface area contributed by atoms with E-state index in [4.69, 9.17) is 9.47 Å². The monoisotopic (exact) mass is 438 g/mol. The van der Waals surface area contributed by atoms with Crippen LogP contribution in [0.25, 0.3) is 0 Å². The van der Waals surface area contributed by atoms with Crippen molar-refractivity contribution >= 4 is 11.4 Å². The SMILES string of the molecule is [OH+]C(c1ccccc1)c1ccc(OCCCCOc2ccc([N]c3ccccc3)cc2)cc1. The Balaban J connectivity index is 1.13. The molecule has 0 aliphatic heterocycles. The van der Waals surface area contributed by atoms with Crippen molar-refractivity contribution < 1.29 is 14.6 Å². The molecule has 2 radical (unpaired) electrons. The molecule has 4 nitrogen and oxygen atoms in total. The van der Waals surface area contributed by atoms with Crippen molar-refractivity contribution in [3.05, 3.63) is 120 Å². The van der Waals surface area contributed by atoms with Gasteiger partial charge in [0.1, 0.15) is 11.5 Å². The summed E-state index contributed by atoms with van der Waals surface area (Å²) in [4.78, 5) is 0. The van der Waals surface area contributed by atoms with E-state index in [0.717, 1.165) is 46.8 Å². The zero-order valence-electron chi connectivity index (χ0n) is 18.5. The molecule has 0 saturated carbocycles. The Labute approximate surface area is 195 Å². The van der Waals surface area contributed by atoms with Crippen molar-refractivity contribution in [2.24, 2.45) is 0 Å². The topological polar surface area (TPSA) is 54.0 Å². The summed E-state index contributed by atoms with van der Waals surface area (Å²) in [6, 6.07) is 35.0. The van der Waals surface area contributed by atoms with Gasteiger partial charge in [-0.2, -0.15) is 0 Å². The molecule has 33 heavy (non-hydrogen) atoms. The van der Waals surface area contributed by atoms with Gasteiger partial charge < -0.3 is 9.47 Å².